The average molecular weight is 313 g/mol. The summed E-state index contributed by atoms with van der Waals surface area (Å²) in [7, 11) is 0. The molecule has 2 aliphatic rings. The van der Waals surface area contributed by atoms with Crippen LogP contribution in [0.1, 0.15) is 44.9 Å². The Bertz CT molecular complexity index is 522. The van der Waals surface area contributed by atoms with Gasteiger partial charge in [-0.25, -0.2) is 4.68 Å². The molecule has 2 aliphatic heterocycles. The standard InChI is InChI=1S/C14H23N3O3S/c1-10(2)12-15-17(14(21)20-12)9-16-6-4-3-5-11(16)13-18-7-8-19-13/h10-11,13H,3-9H2,1-2H3. The van der Waals surface area contributed by atoms with Gasteiger partial charge < -0.3 is 13.9 Å². The molecule has 0 bridgehead atoms. The van der Waals surface area contributed by atoms with E-state index in [1.54, 1.807) is 4.68 Å². The number of nitrogens with zero attached hydrogens (tertiary/aromatic N) is 3. The summed E-state index contributed by atoms with van der Waals surface area (Å²) in [5.41, 5.74) is 0. The van der Waals surface area contributed by atoms with Crippen LogP contribution < -0.4 is 0 Å². The molecule has 0 radical (unpaired) electrons. The number of aromatic nitrogens is 2. The monoisotopic (exact) mass is 313 g/mol. The molecular formula is C14H23N3O3S. The van der Waals surface area contributed by atoms with E-state index in [2.05, 4.69) is 23.8 Å². The van der Waals surface area contributed by atoms with Gasteiger partial charge in [0.2, 0.25) is 5.89 Å². The highest BCUT2D eigenvalue weighted by Crippen LogP contribution is 2.25. The van der Waals surface area contributed by atoms with Crippen LogP contribution in [0.4, 0.5) is 0 Å². The lowest BCUT2D eigenvalue weighted by Crippen LogP contribution is -2.47. The summed E-state index contributed by atoms with van der Waals surface area (Å²) in [6, 6.07) is 0.280. The first-order chi connectivity index (χ1) is 10.1. The molecule has 3 rings (SSSR count). The Hall–Kier alpha value is -0.760. The number of hydrogen-bond donors (Lipinski definition) is 0. The number of rotatable bonds is 4. The van der Waals surface area contributed by atoms with E-state index in [0.717, 1.165) is 13.0 Å². The third kappa shape index (κ3) is 3.36. The maximum absolute atomic E-state index is 5.69. The van der Waals surface area contributed by atoms with E-state index >= 15 is 0 Å². The number of piperidine rings is 1. The summed E-state index contributed by atoms with van der Waals surface area (Å²) in [6.07, 6.45) is 3.38. The Balaban J connectivity index is 1.73. The maximum atomic E-state index is 5.69. The van der Waals surface area contributed by atoms with E-state index in [0.29, 0.717) is 30.6 Å². The number of hydrogen-bond acceptors (Lipinski definition) is 6. The minimum Gasteiger partial charge on any atom is -0.414 e. The van der Waals surface area contributed by atoms with Gasteiger partial charge in [-0.15, -0.1) is 5.10 Å². The Kier molecular flexibility index (Phi) is 4.73. The highest BCUT2D eigenvalue weighted by molar-refractivity contribution is 7.71. The highest BCUT2D eigenvalue weighted by Gasteiger charge is 2.34. The SMILES string of the molecule is CC(C)c1nn(CN2CCCCC2C2OCCO2)c(=S)o1. The molecular weight excluding hydrogens is 290 g/mol. The van der Waals surface area contributed by atoms with E-state index in [1.165, 1.54) is 12.8 Å². The molecule has 6 nitrogen and oxygen atoms in total. The van der Waals surface area contributed by atoms with Gasteiger partial charge in [0.1, 0.15) is 0 Å². The van der Waals surface area contributed by atoms with Crippen LogP contribution in [0.25, 0.3) is 0 Å². The zero-order chi connectivity index (χ0) is 14.8. The topological polar surface area (TPSA) is 52.7 Å². The van der Waals surface area contributed by atoms with E-state index in [9.17, 15) is 0 Å². The highest BCUT2D eigenvalue weighted by atomic mass is 32.1. The zero-order valence-electron chi connectivity index (χ0n) is 12.7. The molecule has 1 aromatic rings. The second-order valence-corrected chi connectivity index (χ2v) is 6.34. The summed E-state index contributed by atoms with van der Waals surface area (Å²) in [6.45, 7) is 7.14. The normalized spacial score (nSPS) is 25.0. The van der Waals surface area contributed by atoms with E-state index < -0.39 is 0 Å². The van der Waals surface area contributed by atoms with E-state index in [-0.39, 0.29) is 18.2 Å². The van der Waals surface area contributed by atoms with Crippen LogP contribution in [0.3, 0.4) is 0 Å². The third-order valence-electron chi connectivity index (χ3n) is 4.06. The minimum atomic E-state index is -0.115. The van der Waals surface area contributed by atoms with Gasteiger partial charge in [-0.1, -0.05) is 20.3 Å². The van der Waals surface area contributed by atoms with Crippen LogP contribution in [0.2, 0.25) is 0 Å². The van der Waals surface area contributed by atoms with Crippen LogP contribution in [-0.4, -0.2) is 46.8 Å². The Morgan fingerprint density at radius 1 is 1.29 bits per heavy atom. The van der Waals surface area contributed by atoms with Crippen molar-refractivity contribution in [3.8, 4) is 0 Å². The lowest BCUT2D eigenvalue weighted by molar-refractivity contribution is -0.116. The van der Waals surface area contributed by atoms with Crippen LogP contribution in [-0.2, 0) is 16.1 Å². The lowest BCUT2D eigenvalue weighted by atomic mass is 10.0. The Morgan fingerprint density at radius 3 is 2.71 bits per heavy atom. The fraction of sp³-hybridized carbons (Fsp3) is 0.857. The molecule has 118 valence electrons. The molecule has 7 heteroatoms. The first kappa shape index (κ1) is 15.1. The van der Waals surface area contributed by atoms with Gasteiger partial charge in [0.05, 0.1) is 25.9 Å². The van der Waals surface area contributed by atoms with Crippen molar-refractivity contribution in [1.82, 2.24) is 14.7 Å². The molecule has 2 fully saturated rings. The summed E-state index contributed by atoms with van der Waals surface area (Å²) < 4.78 is 18.7. The molecule has 1 unspecified atom stereocenters. The second-order valence-electron chi connectivity index (χ2n) is 5.99. The molecule has 21 heavy (non-hydrogen) atoms. The van der Waals surface area contributed by atoms with Crippen LogP contribution >= 0.6 is 12.2 Å². The van der Waals surface area contributed by atoms with E-state index in [1.807, 2.05) is 0 Å². The van der Waals surface area contributed by atoms with Crippen molar-refractivity contribution in [1.29, 1.82) is 0 Å². The molecule has 0 N–H and O–H groups in total. The quantitative estimate of drug-likeness (QED) is 0.796. The second kappa shape index (κ2) is 6.56. The van der Waals surface area contributed by atoms with Gasteiger partial charge in [-0.05, 0) is 25.1 Å². The first-order valence-corrected chi connectivity index (χ1v) is 8.11. The van der Waals surface area contributed by atoms with Crippen molar-refractivity contribution in [2.24, 2.45) is 0 Å². The fourth-order valence-corrected chi connectivity index (χ4v) is 3.10. The van der Waals surface area contributed by atoms with Crippen molar-refractivity contribution in [3.63, 3.8) is 0 Å². The predicted octanol–water partition coefficient (Wildman–Crippen LogP) is 2.51. The van der Waals surface area contributed by atoms with Crippen LogP contribution in [0, 0.1) is 4.84 Å². The number of ether oxygens (including phenoxy) is 2. The summed E-state index contributed by atoms with van der Waals surface area (Å²) in [5, 5.41) is 4.49. The smallest absolute Gasteiger partial charge is 0.288 e. The van der Waals surface area contributed by atoms with E-state index in [4.69, 9.17) is 26.1 Å². The molecule has 0 aromatic carbocycles. The molecule has 2 saturated heterocycles. The molecule has 1 atom stereocenters. The number of likely N-dealkylation sites (tertiary alicyclic amines) is 1. The first-order valence-electron chi connectivity index (χ1n) is 7.70. The van der Waals surface area contributed by atoms with Crippen molar-refractivity contribution in [2.75, 3.05) is 19.8 Å². The predicted molar refractivity (Wildman–Crippen MR) is 79.5 cm³/mol. The van der Waals surface area contributed by atoms with Crippen molar-refractivity contribution < 1.29 is 13.9 Å². The molecule has 0 aliphatic carbocycles. The molecule has 0 saturated carbocycles. The fourth-order valence-electron chi connectivity index (χ4n) is 2.92. The average Bonchev–Trinajstić information content (AvgIpc) is 3.10. The zero-order valence-corrected chi connectivity index (χ0v) is 13.5. The van der Waals surface area contributed by atoms with Crippen molar-refractivity contribution >= 4 is 12.2 Å². The van der Waals surface area contributed by atoms with Gasteiger partial charge in [0.15, 0.2) is 6.29 Å². The van der Waals surface area contributed by atoms with Crippen LogP contribution in [0.5, 0.6) is 0 Å². The van der Waals surface area contributed by atoms with Gasteiger partial charge in [0, 0.05) is 12.5 Å². The third-order valence-corrected chi connectivity index (χ3v) is 4.35. The lowest BCUT2D eigenvalue weighted by Gasteiger charge is -2.37. The van der Waals surface area contributed by atoms with Gasteiger partial charge >= 0.3 is 0 Å². The molecule has 3 heterocycles. The molecule has 0 spiro atoms. The summed E-state index contributed by atoms with van der Waals surface area (Å²) in [5.74, 6) is 0.938. The van der Waals surface area contributed by atoms with Gasteiger partial charge in [-0.3, -0.25) is 4.90 Å². The Labute approximate surface area is 130 Å². The van der Waals surface area contributed by atoms with Crippen LogP contribution in [0.15, 0.2) is 4.42 Å². The van der Waals surface area contributed by atoms with Gasteiger partial charge in [0.25, 0.3) is 4.84 Å². The summed E-state index contributed by atoms with van der Waals surface area (Å²) in [4.78, 5) is 2.79. The molecule has 0 amide bonds. The van der Waals surface area contributed by atoms with Crippen molar-refractivity contribution in [3.05, 3.63) is 10.7 Å². The van der Waals surface area contributed by atoms with Gasteiger partial charge in [-0.2, -0.15) is 0 Å². The maximum Gasteiger partial charge on any atom is 0.288 e. The Morgan fingerprint density at radius 2 is 2.05 bits per heavy atom. The molecule has 1 aromatic heterocycles. The minimum absolute atomic E-state index is 0.115. The largest absolute Gasteiger partial charge is 0.414 e. The van der Waals surface area contributed by atoms with Crippen molar-refractivity contribution in [2.45, 2.75) is 58.0 Å². The summed E-state index contributed by atoms with van der Waals surface area (Å²) >= 11 is 5.28.